The van der Waals surface area contributed by atoms with Gasteiger partial charge in [-0.05, 0) is 33.1 Å². The topological polar surface area (TPSA) is 26.8 Å². The molecule has 2 aliphatic rings. The molecule has 0 unspecified atom stereocenters. The number of ketones is 1. The number of carbonyl (C=O) groups excluding carboxylic acids is 1. The molecule has 2 heterocycles. The Bertz CT molecular complexity index is 316. The highest BCUT2D eigenvalue weighted by atomic mass is 16.1. The van der Waals surface area contributed by atoms with Crippen LogP contribution in [-0.2, 0) is 4.79 Å². The molecule has 0 bridgehead atoms. The first-order valence-electron chi connectivity index (χ1n) is 8.81. The molecule has 0 aromatic heterocycles. The van der Waals surface area contributed by atoms with Crippen molar-refractivity contribution in [3.05, 3.63) is 0 Å². The van der Waals surface area contributed by atoms with Crippen molar-refractivity contribution in [1.29, 1.82) is 0 Å². The third kappa shape index (κ3) is 5.04. The first kappa shape index (κ1) is 16.9. The summed E-state index contributed by atoms with van der Waals surface area (Å²) in [6.45, 7) is 14.7. The molecular formula is C17H33N3O. The zero-order valence-corrected chi connectivity index (χ0v) is 14.2. The second kappa shape index (κ2) is 8.25. The Balaban J connectivity index is 1.66. The molecule has 2 rings (SSSR count). The summed E-state index contributed by atoms with van der Waals surface area (Å²) in [7, 11) is 0. The van der Waals surface area contributed by atoms with Crippen LogP contribution in [0.15, 0.2) is 0 Å². The largest absolute Gasteiger partial charge is 0.299 e. The van der Waals surface area contributed by atoms with E-state index in [1.807, 2.05) is 0 Å². The van der Waals surface area contributed by atoms with E-state index >= 15 is 0 Å². The van der Waals surface area contributed by atoms with Crippen molar-refractivity contribution in [2.45, 2.75) is 52.5 Å². The molecule has 0 N–H and O–H groups in total. The fraction of sp³-hybridized carbons (Fsp3) is 0.941. The molecule has 0 aromatic carbocycles. The zero-order valence-electron chi connectivity index (χ0n) is 14.2. The van der Waals surface area contributed by atoms with Crippen molar-refractivity contribution in [3.8, 4) is 0 Å². The van der Waals surface area contributed by atoms with E-state index < -0.39 is 0 Å². The van der Waals surface area contributed by atoms with E-state index in [0.29, 0.717) is 17.7 Å². The Labute approximate surface area is 130 Å². The van der Waals surface area contributed by atoms with E-state index in [1.54, 1.807) is 0 Å². The fourth-order valence-electron chi connectivity index (χ4n) is 3.55. The number of likely N-dealkylation sites (tertiary alicyclic amines) is 1. The summed E-state index contributed by atoms with van der Waals surface area (Å²) in [6, 6.07) is 0.674. The van der Waals surface area contributed by atoms with Crippen LogP contribution in [0.3, 0.4) is 0 Å². The molecule has 4 nitrogen and oxygen atoms in total. The lowest BCUT2D eigenvalue weighted by Crippen LogP contribution is -2.52. The predicted octanol–water partition coefficient (Wildman–Crippen LogP) is 2.05. The van der Waals surface area contributed by atoms with Crippen LogP contribution < -0.4 is 0 Å². The second-order valence-electron chi connectivity index (χ2n) is 7.00. The number of piperazine rings is 1. The van der Waals surface area contributed by atoms with Crippen LogP contribution in [0.5, 0.6) is 0 Å². The smallest absolute Gasteiger partial charge is 0.136 e. The fourth-order valence-corrected chi connectivity index (χ4v) is 3.55. The van der Waals surface area contributed by atoms with E-state index in [4.69, 9.17) is 0 Å². The molecular weight excluding hydrogens is 262 g/mol. The zero-order chi connectivity index (χ0) is 15.2. The minimum absolute atomic E-state index is 0.346. The summed E-state index contributed by atoms with van der Waals surface area (Å²) in [5.74, 6) is 0.849. The minimum Gasteiger partial charge on any atom is -0.299 e. The molecule has 0 spiro atoms. The van der Waals surface area contributed by atoms with Crippen LogP contribution in [0.25, 0.3) is 0 Å². The number of carbonyl (C=O) groups is 1. The number of rotatable bonds is 6. The van der Waals surface area contributed by atoms with Gasteiger partial charge in [0.25, 0.3) is 0 Å². The molecule has 0 aliphatic carbocycles. The highest BCUT2D eigenvalue weighted by Crippen LogP contribution is 2.20. The molecule has 2 saturated heterocycles. The van der Waals surface area contributed by atoms with Crippen molar-refractivity contribution in [2.75, 3.05) is 45.9 Å². The Hall–Kier alpha value is -0.450. The number of piperidine rings is 1. The van der Waals surface area contributed by atoms with E-state index in [0.717, 1.165) is 45.4 Å². The first-order chi connectivity index (χ1) is 10.1. The summed E-state index contributed by atoms with van der Waals surface area (Å²) < 4.78 is 0. The number of hydrogen-bond acceptors (Lipinski definition) is 4. The van der Waals surface area contributed by atoms with Crippen LogP contribution in [0.1, 0.15) is 46.5 Å². The van der Waals surface area contributed by atoms with Gasteiger partial charge in [0.15, 0.2) is 0 Å². The standard InChI is InChI=1S/C17H33N3O/c1-4-5-17(21)16-6-8-18(9-7-16)14-19-10-12-20(13-11-19)15(2)3/h15-16H,4-14H2,1-3H3. The lowest BCUT2D eigenvalue weighted by atomic mass is 9.90. The average Bonchev–Trinajstić information content (AvgIpc) is 2.49. The van der Waals surface area contributed by atoms with Crippen LogP contribution in [0, 0.1) is 5.92 Å². The van der Waals surface area contributed by atoms with Crippen molar-refractivity contribution >= 4 is 5.78 Å². The monoisotopic (exact) mass is 295 g/mol. The maximum atomic E-state index is 12.0. The molecule has 122 valence electrons. The highest BCUT2D eigenvalue weighted by molar-refractivity contribution is 5.81. The maximum Gasteiger partial charge on any atom is 0.136 e. The Morgan fingerprint density at radius 3 is 2.10 bits per heavy atom. The lowest BCUT2D eigenvalue weighted by Gasteiger charge is -2.40. The molecule has 2 aliphatic heterocycles. The Kier molecular flexibility index (Phi) is 6.65. The normalized spacial score (nSPS) is 23.8. The van der Waals surface area contributed by atoms with E-state index in [1.165, 1.54) is 26.2 Å². The average molecular weight is 295 g/mol. The second-order valence-corrected chi connectivity index (χ2v) is 7.00. The molecule has 0 saturated carbocycles. The summed E-state index contributed by atoms with van der Waals surface area (Å²) >= 11 is 0. The van der Waals surface area contributed by atoms with Gasteiger partial charge in [-0.3, -0.25) is 19.5 Å². The lowest BCUT2D eigenvalue weighted by molar-refractivity contribution is -0.124. The molecule has 0 amide bonds. The molecule has 0 aromatic rings. The number of hydrogen-bond donors (Lipinski definition) is 0. The van der Waals surface area contributed by atoms with E-state index in [9.17, 15) is 4.79 Å². The summed E-state index contributed by atoms with van der Waals surface area (Å²) in [6.07, 6.45) is 3.93. The summed E-state index contributed by atoms with van der Waals surface area (Å²) in [4.78, 5) is 19.6. The van der Waals surface area contributed by atoms with Crippen LogP contribution in [0.2, 0.25) is 0 Å². The maximum absolute atomic E-state index is 12.0. The van der Waals surface area contributed by atoms with Crippen molar-refractivity contribution in [3.63, 3.8) is 0 Å². The SMILES string of the molecule is CCCC(=O)C1CCN(CN2CCN(C(C)C)CC2)CC1. The van der Waals surface area contributed by atoms with Gasteiger partial charge in [0, 0.05) is 57.6 Å². The van der Waals surface area contributed by atoms with Crippen molar-refractivity contribution < 1.29 is 4.79 Å². The third-order valence-electron chi connectivity index (χ3n) is 5.08. The van der Waals surface area contributed by atoms with Gasteiger partial charge in [-0.25, -0.2) is 0 Å². The minimum atomic E-state index is 0.346. The van der Waals surface area contributed by atoms with Gasteiger partial charge < -0.3 is 0 Å². The van der Waals surface area contributed by atoms with Gasteiger partial charge in [0.1, 0.15) is 5.78 Å². The predicted molar refractivity (Wildman–Crippen MR) is 87.4 cm³/mol. The van der Waals surface area contributed by atoms with Crippen LogP contribution in [-0.4, -0.2) is 72.5 Å². The van der Waals surface area contributed by atoms with Gasteiger partial charge in [0.05, 0.1) is 6.67 Å². The summed E-state index contributed by atoms with van der Waals surface area (Å²) in [5.41, 5.74) is 0. The first-order valence-corrected chi connectivity index (χ1v) is 8.81. The molecule has 0 atom stereocenters. The van der Waals surface area contributed by atoms with Gasteiger partial charge in [0.2, 0.25) is 0 Å². The molecule has 0 radical (unpaired) electrons. The molecule has 21 heavy (non-hydrogen) atoms. The van der Waals surface area contributed by atoms with Crippen molar-refractivity contribution in [2.24, 2.45) is 5.92 Å². The molecule has 2 fully saturated rings. The van der Waals surface area contributed by atoms with Gasteiger partial charge in [-0.1, -0.05) is 6.92 Å². The Morgan fingerprint density at radius 1 is 1.00 bits per heavy atom. The van der Waals surface area contributed by atoms with E-state index in [2.05, 4.69) is 35.5 Å². The van der Waals surface area contributed by atoms with Crippen LogP contribution in [0.4, 0.5) is 0 Å². The summed E-state index contributed by atoms with van der Waals surface area (Å²) in [5, 5.41) is 0. The van der Waals surface area contributed by atoms with Gasteiger partial charge >= 0.3 is 0 Å². The molecule has 4 heteroatoms. The van der Waals surface area contributed by atoms with Gasteiger partial charge in [-0.15, -0.1) is 0 Å². The van der Waals surface area contributed by atoms with Crippen molar-refractivity contribution in [1.82, 2.24) is 14.7 Å². The van der Waals surface area contributed by atoms with E-state index in [-0.39, 0.29) is 0 Å². The highest BCUT2D eigenvalue weighted by Gasteiger charge is 2.26. The third-order valence-corrected chi connectivity index (χ3v) is 5.08. The quantitative estimate of drug-likeness (QED) is 0.749. The number of nitrogens with zero attached hydrogens (tertiary/aromatic N) is 3. The van der Waals surface area contributed by atoms with Gasteiger partial charge in [-0.2, -0.15) is 0 Å². The Morgan fingerprint density at radius 2 is 1.57 bits per heavy atom. The van der Waals surface area contributed by atoms with Crippen LogP contribution >= 0.6 is 0 Å². The number of Topliss-reactive ketones (excluding diaryl/α,β-unsaturated/α-hetero) is 1.